The van der Waals surface area contributed by atoms with Crippen LogP contribution in [0.4, 0.5) is 5.69 Å². The first-order chi connectivity index (χ1) is 9.38. The summed E-state index contributed by atoms with van der Waals surface area (Å²) < 4.78 is 0. The summed E-state index contributed by atoms with van der Waals surface area (Å²) in [4.78, 5) is 5.04. The van der Waals surface area contributed by atoms with E-state index < -0.39 is 0 Å². The third-order valence-corrected chi connectivity index (χ3v) is 4.60. The smallest absolute Gasteiger partial charge is 0.0369 e. The van der Waals surface area contributed by atoms with Crippen LogP contribution in [0.3, 0.4) is 0 Å². The molecule has 1 fully saturated rings. The summed E-state index contributed by atoms with van der Waals surface area (Å²) >= 11 is 0. The minimum absolute atomic E-state index is 0.186. The molecule has 1 unspecified atom stereocenters. The number of nitrogens with two attached hydrogens (primary N) is 1. The van der Waals surface area contributed by atoms with E-state index in [9.17, 15) is 0 Å². The highest BCUT2D eigenvalue weighted by Crippen LogP contribution is 2.23. The molecule has 1 aromatic rings. The maximum atomic E-state index is 6.09. The molecule has 112 valence electrons. The molecule has 1 aromatic carbocycles. The SMILES string of the molecule is Cc1cccc(N2CCN(CC(C)(C)C(C)N)CC2)c1. The summed E-state index contributed by atoms with van der Waals surface area (Å²) in [5.41, 5.74) is 8.96. The first-order valence-corrected chi connectivity index (χ1v) is 7.68. The fourth-order valence-electron chi connectivity index (χ4n) is 2.71. The average molecular weight is 275 g/mol. The zero-order valence-electron chi connectivity index (χ0n) is 13.4. The number of anilines is 1. The van der Waals surface area contributed by atoms with E-state index in [1.54, 1.807) is 0 Å². The highest BCUT2D eigenvalue weighted by atomic mass is 15.3. The van der Waals surface area contributed by atoms with Crippen molar-refractivity contribution in [2.45, 2.75) is 33.7 Å². The van der Waals surface area contributed by atoms with Crippen LogP contribution in [0.15, 0.2) is 24.3 Å². The van der Waals surface area contributed by atoms with E-state index in [0.29, 0.717) is 0 Å². The zero-order chi connectivity index (χ0) is 14.8. The standard InChI is InChI=1S/C17H29N3/c1-14-6-5-7-16(12-14)20-10-8-19(9-11-20)13-17(3,4)15(2)18/h5-7,12,15H,8-11,13,18H2,1-4H3. The Morgan fingerprint density at radius 2 is 1.85 bits per heavy atom. The number of hydrogen-bond donors (Lipinski definition) is 1. The third kappa shape index (κ3) is 3.74. The lowest BCUT2D eigenvalue weighted by Gasteiger charge is -2.41. The van der Waals surface area contributed by atoms with Crippen molar-refractivity contribution < 1.29 is 0 Å². The van der Waals surface area contributed by atoms with Crippen LogP contribution in [0.25, 0.3) is 0 Å². The van der Waals surface area contributed by atoms with Gasteiger partial charge < -0.3 is 10.6 Å². The molecule has 2 N–H and O–H groups in total. The fourth-order valence-corrected chi connectivity index (χ4v) is 2.71. The predicted octanol–water partition coefficient (Wildman–Crippen LogP) is 2.49. The Labute approximate surface area is 123 Å². The van der Waals surface area contributed by atoms with Crippen LogP contribution in [0, 0.1) is 12.3 Å². The fraction of sp³-hybridized carbons (Fsp3) is 0.647. The van der Waals surface area contributed by atoms with Gasteiger partial charge in [0.15, 0.2) is 0 Å². The van der Waals surface area contributed by atoms with Crippen LogP contribution in [-0.4, -0.2) is 43.7 Å². The minimum atomic E-state index is 0.186. The second-order valence-electron chi connectivity index (χ2n) is 6.88. The van der Waals surface area contributed by atoms with Gasteiger partial charge in [-0.3, -0.25) is 4.90 Å². The van der Waals surface area contributed by atoms with Gasteiger partial charge >= 0.3 is 0 Å². The highest BCUT2D eigenvalue weighted by molar-refractivity contribution is 5.48. The molecule has 3 heteroatoms. The molecule has 0 saturated carbocycles. The molecule has 3 nitrogen and oxygen atoms in total. The van der Waals surface area contributed by atoms with Gasteiger partial charge in [-0.05, 0) is 37.0 Å². The van der Waals surface area contributed by atoms with Gasteiger partial charge in [0.2, 0.25) is 0 Å². The van der Waals surface area contributed by atoms with Crippen LogP contribution in [0.2, 0.25) is 0 Å². The van der Waals surface area contributed by atoms with E-state index in [0.717, 1.165) is 32.7 Å². The molecule has 2 rings (SSSR count). The summed E-state index contributed by atoms with van der Waals surface area (Å²) in [6.45, 7) is 14.4. The Morgan fingerprint density at radius 3 is 2.40 bits per heavy atom. The molecule has 0 aliphatic carbocycles. The van der Waals surface area contributed by atoms with Gasteiger partial charge in [0, 0.05) is 44.5 Å². The Morgan fingerprint density at radius 1 is 1.20 bits per heavy atom. The number of hydrogen-bond acceptors (Lipinski definition) is 3. The van der Waals surface area contributed by atoms with E-state index in [-0.39, 0.29) is 11.5 Å². The summed E-state index contributed by atoms with van der Waals surface area (Å²) in [6.07, 6.45) is 0. The van der Waals surface area contributed by atoms with Gasteiger partial charge in [0.05, 0.1) is 0 Å². The van der Waals surface area contributed by atoms with Crippen molar-refractivity contribution in [2.24, 2.45) is 11.1 Å². The summed E-state index contributed by atoms with van der Waals surface area (Å²) in [6, 6.07) is 9.04. The maximum Gasteiger partial charge on any atom is 0.0369 e. The monoisotopic (exact) mass is 275 g/mol. The normalized spacial score (nSPS) is 19.1. The van der Waals surface area contributed by atoms with Crippen LogP contribution in [0.5, 0.6) is 0 Å². The number of aryl methyl sites for hydroxylation is 1. The maximum absolute atomic E-state index is 6.09. The van der Waals surface area contributed by atoms with Gasteiger partial charge in [0.1, 0.15) is 0 Å². The van der Waals surface area contributed by atoms with Crippen LogP contribution in [-0.2, 0) is 0 Å². The van der Waals surface area contributed by atoms with E-state index in [4.69, 9.17) is 5.73 Å². The average Bonchev–Trinajstić information content (AvgIpc) is 2.39. The first kappa shape index (κ1) is 15.3. The number of rotatable bonds is 4. The molecule has 1 aliphatic heterocycles. The minimum Gasteiger partial charge on any atom is -0.369 e. The van der Waals surface area contributed by atoms with Gasteiger partial charge in [-0.25, -0.2) is 0 Å². The topological polar surface area (TPSA) is 32.5 Å². The number of nitrogens with zero attached hydrogens (tertiary/aromatic N) is 2. The first-order valence-electron chi connectivity index (χ1n) is 7.68. The van der Waals surface area contributed by atoms with E-state index in [2.05, 4.69) is 61.8 Å². The lowest BCUT2D eigenvalue weighted by Crippen LogP contribution is -2.52. The summed E-state index contributed by atoms with van der Waals surface area (Å²) in [5, 5.41) is 0. The van der Waals surface area contributed by atoms with Gasteiger partial charge in [-0.2, -0.15) is 0 Å². The molecule has 0 radical (unpaired) electrons. The van der Waals surface area contributed by atoms with Crippen LogP contribution in [0.1, 0.15) is 26.3 Å². The van der Waals surface area contributed by atoms with Gasteiger partial charge in [-0.1, -0.05) is 26.0 Å². The van der Waals surface area contributed by atoms with E-state index in [1.165, 1.54) is 11.3 Å². The molecule has 20 heavy (non-hydrogen) atoms. The Bertz CT molecular complexity index is 432. The van der Waals surface area contributed by atoms with Crippen molar-refractivity contribution >= 4 is 5.69 Å². The lowest BCUT2D eigenvalue weighted by molar-refractivity contribution is 0.151. The zero-order valence-corrected chi connectivity index (χ0v) is 13.4. The molecule has 1 aliphatic rings. The van der Waals surface area contributed by atoms with Crippen LogP contribution < -0.4 is 10.6 Å². The molecule has 0 bridgehead atoms. The third-order valence-electron chi connectivity index (χ3n) is 4.60. The Kier molecular flexibility index (Phi) is 4.71. The second-order valence-corrected chi connectivity index (χ2v) is 6.88. The lowest BCUT2D eigenvalue weighted by atomic mass is 9.85. The quantitative estimate of drug-likeness (QED) is 0.916. The second kappa shape index (κ2) is 6.15. The molecule has 0 aromatic heterocycles. The molecular formula is C17H29N3. The van der Waals surface area contributed by atoms with Crippen molar-refractivity contribution in [2.75, 3.05) is 37.6 Å². The molecule has 0 amide bonds. The molecule has 1 saturated heterocycles. The number of benzene rings is 1. The highest BCUT2D eigenvalue weighted by Gasteiger charge is 2.27. The molecule has 1 heterocycles. The molecule has 0 spiro atoms. The Hall–Kier alpha value is -1.06. The van der Waals surface area contributed by atoms with E-state index in [1.807, 2.05) is 0 Å². The van der Waals surface area contributed by atoms with Gasteiger partial charge in [-0.15, -0.1) is 0 Å². The summed E-state index contributed by atoms with van der Waals surface area (Å²) in [7, 11) is 0. The van der Waals surface area contributed by atoms with Crippen molar-refractivity contribution in [1.82, 2.24) is 4.90 Å². The van der Waals surface area contributed by atoms with Crippen molar-refractivity contribution in [3.05, 3.63) is 29.8 Å². The summed E-state index contributed by atoms with van der Waals surface area (Å²) in [5.74, 6) is 0. The van der Waals surface area contributed by atoms with Crippen LogP contribution >= 0.6 is 0 Å². The van der Waals surface area contributed by atoms with E-state index >= 15 is 0 Å². The van der Waals surface area contributed by atoms with Crippen molar-refractivity contribution in [3.8, 4) is 0 Å². The Balaban J connectivity index is 1.90. The molecule has 1 atom stereocenters. The van der Waals surface area contributed by atoms with Gasteiger partial charge in [0.25, 0.3) is 0 Å². The predicted molar refractivity (Wildman–Crippen MR) is 87.3 cm³/mol. The van der Waals surface area contributed by atoms with Crippen molar-refractivity contribution in [1.29, 1.82) is 0 Å². The van der Waals surface area contributed by atoms with Crippen molar-refractivity contribution in [3.63, 3.8) is 0 Å². The largest absolute Gasteiger partial charge is 0.369 e. The molecular weight excluding hydrogens is 246 g/mol. The number of piperazine rings is 1.